The van der Waals surface area contributed by atoms with E-state index in [-0.39, 0.29) is 57.4 Å². The van der Waals surface area contributed by atoms with Crippen LogP contribution in [0, 0.1) is 0 Å². The zero-order valence-corrected chi connectivity index (χ0v) is 60.2. The molecule has 107 heavy (non-hydrogen) atoms. The van der Waals surface area contributed by atoms with Gasteiger partial charge in [0.05, 0.1) is 25.9 Å². The summed E-state index contributed by atoms with van der Waals surface area (Å²) in [6.45, 7) is 12.2. The zero-order chi connectivity index (χ0) is 71.8. The number of carbonyl (C=O) groups is 2. The second-order valence-corrected chi connectivity index (χ2v) is 29.2. The van der Waals surface area contributed by atoms with Gasteiger partial charge in [0.2, 0.25) is 39.3 Å². The van der Waals surface area contributed by atoms with Gasteiger partial charge in [-0.2, -0.15) is 14.4 Å². The van der Waals surface area contributed by atoms with E-state index in [1.807, 2.05) is 42.5 Å². The van der Waals surface area contributed by atoms with Gasteiger partial charge < -0.3 is 40.8 Å². The van der Waals surface area contributed by atoms with Gasteiger partial charge in [0, 0.05) is 105 Å². The fourth-order valence-electron chi connectivity index (χ4n) is 14.0. The van der Waals surface area contributed by atoms with Crippen molar-refractivity contribution in [1.82, 2.24) is 91.9 Å². The van der Waals surface area contributed by atoms with Crippen molar-refractivity contribution in [3.05, 3.63) is 197 Å². The fourth-order valence-corrected chi connectivity index (χ4v) is 14.5. The van der Waals surface area contributed by atoms with E-state index in [1.54, 1.807) is 16.5 Å². The third-order valence-electron chi connectivity index (χ3n) is 19.5. The van der Waals surface area contributed by atoms with Crippen molar-refractivity contribution in [3.8, 4) is 51.4 Å². The minimum absolute atomic E-state index is 0. The number of sulfonamides is 1. The Morgan fingerprint density at radius 1 is 0.402 bits per heavy atom. The highest BCUT2D eigenvalue weighted by atomic mass is 32.2. The maximum atomic E-state index is 11.2. The minimum atomic E-state index is -3.24. The van der Waals surface area contributed by atoms with E-state index in [4.69, 9.17) is 14.2 Å². The number of aromatic nitrogens is 12. The molecule has 0 atom stereocenters. The highest BCUT2D eigenvalue weighted by molar-refractivity contribution is 7.88. The average molecular weight is 1470 g/mol. The second-order valence-electron chi connectivity index (χ2n) is 27.4. The van der Waals surface area contributed by atoms with Crippen molar-refractivity contribution in [2.24, 2.45) is 0 Å². The molecule has 3 fully saturated rings. The van der Waals surface area contributed by atoms with E-state index < -0.39 is 10.0 Å². The molecular formula is C81H104N18O7S. The Morgan fingerprint density at radius 2 is 0.692 bits per heavy atom. The van der Waals surface area contributed by atoms with Crippen LogP contribution in [0.3, 0.4) is 0 Å². The molecule has 0 unspecified atom stereocenters. The number of para-hydroxylation sites is 3. The van der Waals surface area contributed by atoms with E-state index in [9.17, 15) is 18.0 Å². The molecule has 6 aliphatic heterocycles. The third-order valence-corrected chi connectivity index (χ3v) is 20.2. The first-order valence-electron chi connectivity index (χ1n) is 36.4. The van der Waals surface area contributed by atoms with E-state index in [0.29, 0.717) is 37.1 Å². The molecular weight excluding hydrogens is 1370 g/mol. The normalized spacial score (nSPS) is 16.1. The molecule has 0 aliphatic carbocycles. The van der Waals surface area contributed by atoms with Crippen LogP contribution >= 0.6 is 0 Å². The molecule has 0 radical (unpaired) electrons. The molecule has 3 aromatic heterocycles. The van der Waals surface area contributed by atoms with Crippen LogP contribution < -0.4 is 45.5 Å². The number of nitrogens with zero attached hydrogens (tertiary/aromatic N) is 12. The highest BCUT2D eigenvalue weighted by Gasteiger charge is 2.40. The van der Waals surface area contributed by atoms with Crippen LogP contribution in [0.25, 0.3) is 50.9 Å². The number of hydrogen-bond acceptors (Lipinski definition) is 19. The minimum Gasteiger partial charge on any atom is -0.482 e. The molecule has 9 aromatic rings. The van der Waals surface area contributed by atoms with Gasteiger partial charge in [0.1, 0.15) is 34.1 Å². The maximum absolute atomic E-state index is 11.2. The summed E-state index contributed by atoms with van der Waals surface area (Å²) >= 11 is 0. The summed E-state index contributed by atoms with van der Waals surface area (Å²) in [7, 11) is -3.24. The number of unbranched alkanes of at least 4 members (excludes halogenated alkanes) is 5. The number of piperidine rings is 3. The highest BCUT2D eigenvalue weighted by Crippen LogP contribution is 2.46. The molecule has 6 N–H and O–H groups in total. The summed E-state index contributed by atoms with van der Waals surface area (Å²) in [6.07, 6.45) is 20.8. The largest absolute Gasteiger partial charge is 0.482 e. The number of hydrogen-bond donors (Lipinski definition) is 6. The number of tetrazole rings is 3. The summed E-state index contributed by atoms with van der Waals surface area (Å²) in [5.41, 5.74) is 12.4. The Hall–Kier alpha value is -10.1. The van der Waals surface area contributed by atoms with Crippen molar-refractivity contribution in [2.75, 3.05) is 65.2 Å². The molecule has 2 amide bonds. The average Bonchev–Trinajstić information content (AvgIpc) is 1.32. The number of nitrogens with one attached hydrogen (secondary N) is 6. The molecule has 26 heteroatoms. The van der Waals surface area contributed by atoms with Crippen molar-refractivity contribution < 1.29 is 32.2 Å². The summed E-state index contributed by atoms with van der Waals surface area (Å²) in [4.78, 5) is 26.5. The molecule has 566 valence electrons. The monoisotopic (exact) mass is 1470 g/mol. The number of fused-ring (bicyclic) bond motifs is 3. The lowest BCUT2D eigenvalue weighted by Gasteiger charge is -2.40. The first-order chi connectivity index (χ1) is 50.6. The Balaban J connectivity index is 0.000000169. The maximum Gasteiger partial charge on any atom is 0.216 e. The summed E-state index contributed by atoms with van der Waals surface area (Å²) in [5.74, 6) is 4.65. The van der Waals surface area contributed by atoms with Gasteiger partial charge >= 0.3 is 0 Å². The number of aryl methyl sites for hydroxylation is 2. The van der Waals surface area contributed by atoms with Gasteiger partial charge in [-0.1, -0.05) is 163 Å². The first-order valence-corrected chi connectivity index (χ1v) is 38.3. The predicted octanol–water partition coefficient (Wildman–Crippen LogP) is 11.3. The molecule has 0 saturated carbocycles. The lowest BCUT2D eigenvalue weighted by atomic mass is 9.83. The van der Waals surface area contributed by atoms with Gasteiger partial charge in [-0.25, -0.2) is 13.1 Å². The predicted molar refractivity (Wildman–Crippen MR) is 419 cm³/mol. The van der Waals surface area contributed by atoms with Crippen LogP contribution in [0.5, 0.6) is 17.2 Å². The topological polar surface area (TPSA) is 299 Å². The first kappa shape index (κ1) is 79.4. The standard InChI is InChI=1S/C28H34N6O2.C27H32N6O2.C23H26N6O3S.3CH4/c1-21(35)30-16-6-2-3-7-19-34-32-27(31-33-34)23-12-10-22(11-13-23)25-20-28(14-17-29-18-15-28)36-26-9-5-4-8-24(25)26;1-20(34)29-15-5-2-6-18-33-31-26(30-32-33)22-11-9-21(10-12-22)24-19-27(13-16-28-17-14-27)35-25-8-4-3-7-23(24)25;1-33(30,31)25-14-15-29-27-22(26-28-29)18-8-6-17(7-9-18)20-16-23(10-12-24-13-11-23)32-21-5-3-2-4-19(20)21;;;/h4-5,8-13,20,29H,2-3,6-7,14-19H2,1H3,(H,30,35);3-4,7-12,19,28H,2,5-6,13-18H2,1H3,(H,29,34);2-9,16,24-25H,10-15H2,1H3;3*1H4. The van der Waals surface area contributed by atoms with E-state index in [1.165, 1.54) is 34.0 Å². The van der Waals surface area contributed by atoms with Crippen LogP contribution in [0.15, 0.2) is 164 Å². The van der Waals surface area contributed by atoms with Crippen molar-refractivity contribution in [1.29, 1.82) is 0 Å². The summed E-state index contributed by atoms with van der Waals surface area (Å²) in [6, 6.07) is 49.8. The molecule has 3 saturated heterocycles. The number of rotatable bonds is 23. The van der Waals surface area contributed by atoms with Crippen molar-refractivity contribution >= 4 is 38.6 Å². The second kappa shape index (κ2) is 36.9. The molecule has 3 spiro atoms. The fraction of sp³-hybridized carbons (Fsp3) is 0.420. The van der Waals surface area contributed by atoms with Gasteiger partial charge in [0.15, 0.2) is 0 Å². The zero-order valence-electron chi connectivity index (χ0n) is 59.4. The lowest BCUT2D eigenvalue weighted by molar-refractivity contribution is -0.119. The molecule has 0 bridgehead atoms. The number of benzene rings is 6. The molecule has 6 aromatic carbocycles. The van der Waals surface area contributed by atoms with Gasteiger partial charge in [0.25, 0.3) is 0 Å². The van der Waals surface area contributed by atoms with E-state index in [0.717, 1.165) is 204 Å². The Bertz CT molecular complexity index is 4610. The van der Waals surface area contributed by atoms with E-state index in [2.05, 4.69) is 199 Å². The van der Waals surface area contributed by atoms with Gasteiger partial charge in [-0.15, -0.1) is 30.6 Å². The SMILES string of the molecule is C.C.C.CC(=O)NCCCCCCn1nnc(-c2ccc(C3=CC4(CCNCC4)Oc4ccccc43)cc2)n1.CC(=O)NCCCCCn1nnc(-c2ccc(C3=CC4(CCNCC4)Oc4ccccc43)cc2)n1.CS(=O)(=O)NCCn1nnc(-c2ccc(C3=CC4(CCNCC4)Oc4ccccc43)cc2)n1. The van der Waals surface area contributed by atoms with Crippen LogP contribution in [0.4, 0.5) is 0 Å². The smallest absolute Gasteiger partial charge is 0.216 e. The Kier molecular flexibility index (Phi) is 27.4. The number of amides is 2. The van der Waals surface area contributed by atoms with Crippen molar-refractivity contribution in [3.63, 3.8) is 0 Å². The van der Waals surface area contributed by atoms with Gasteiger partial charge in [-0.3, -0.25) is 9.59 Å². The van der Waals surface area contributed by atoms with Gasteiger partial charge in [-0.05, 0) is 157 Å². The van der Waals surface area contributed by atoms with Crippen LogP contribution in [-0.2, 0) is 39.2 Å². The van der Waals surface area contributed by atoms with Crippen LogP contribution in [-0.4, -0.2) is 163 Å². The number of carbonyl (C=O) groups excluding carboxylic acids is 2. The lowest BCUT2D eigenvalue weighted by Crippen LogP contribution is -2.46. The quantitative estimate of drug-likeness (QED) is 0.0324. The Morgan fingerprint density at radius 3 is 1.01 bits per heavy atom. The number of ether oxygens (including phenoxy) is 3. The summed E-state index contributed by atoms with van der Waals surface area (Å²) in [5, 5.41) is 54.6. The van der Waals surface area contributed by atoms with Crippen LogP contribution in [0.1, 0.15) is 153 Å². The molecule has 15 rings (SSSR count). The van der Waals surface area contributed by atoms with E-state index >= 15 is 0 Å². The van der Waals surface area contributed by atoms with Crippen LogP contribution in [0.2, 0.25) is 0 Å². The Labute approximate surface area is 629 Å². The summed E-state index contributed by atoms with van der Waals surface area (Å²) < 4.78 is 44.3. The molecule has 25 nitrogen and oxygen atoms in total. The molecule has 6 aliphatic rings. The third kappa shape index (κ3) is 20.7. The molecule has 9 heterocycles. The van der Waals surface area contributed by atoms with Crippen molar-refractivity contribution in [2.45, 2.75) is 156 Å².